The van der Waals surface area contributed by atoms with E-state index in [4.69, 9.17) is 15.2 Å². The number of nitrogens with two attached hydrogens (primary N) is 1. The lowest BCUT2D eigenvalue weighted by molar-refractivity contribution is -0.0345. The Morgan fingerprint density at radius 1 is 1.26 bits per heavy atom. The van der Waals surface area contributed by atoms with Crippen molar-refractivity contribution in [2.45, 2.75) is 44.2 Å². The molecule has 19 heavy (non-hydrogen) atoms. The van der Waals surface area contributed by atoms with Crippen molar-refractivity contribution in [1.82, 2.24) is 0 Å². The van der Waals surface area contributed by atoms with Crippen LogP contribution in [0.5, 0.6) is 11.5 Å². The molecule has 1 saturated carbocycles. The Morgan fingerprint density at radius 3 is 2.63 bits per heavy atom. The lowest BCUT2D eigenvalue weighted by atomic mass is 9.85. The van der Waals surface area contributed by atoms with Gasteiger partial charge in [-0.05, 0) is 18.9 Å². The van der Waals surface area contributed by atoms with Crippen molar-refractivity contribution in [3.8, 4) is 11.5 Å². The fourth-order valence-corrected chi connectivity index (χ4v) is 2.61. The van der Waals surface area contributed by atoms with Gasteiger partial charge >= 0.3 is 0 Å². The molecule has 2 rings (SSSR count). The molecule has 0 saturated heterocycles. The number of rotatable bonds is 5. The fourth-order valence-electron chi connectivity index (χ4n) is 2.61. The van der Waals surface area contributed by atoms with Gasteiger partial charge in [-0.3, -0.25) is 0 Å². The molecule has 1 aromatic carbocycles. The molecule has 4 nitrogen and oxygen atoms in total. The maximum atomic E-state index is 10.5. The van der Waals surface area contributed by atoms with Gasteiger partial charge in [-0.15, -0.1) is 0 Å². The largest absolute Gasteiger partial charge is 0.493 e. The molecule has 1 aromatic rings. The Morgan fingerprint density at radius 2 is 2.00 bits per heavy atom. The molecule has 1 fully saturated rings. The molecule has 0 heterocycles. The van der Waals surface area contributed by atoms with Crippen LogP contribution in [-0.4, -0.2) is 24.4 Å². The van der Waals surface area contributed by atoms with Crippen LogP contribution in [-0.2, 0) is 6.54 Å². The van der Waals surface area contributed by atoms with Crippen LogP contribution >= 0.6 is 0 Å². The van der Waals surface area contributed by atoms with Crippen LogP contribution in [0.2, 0.25) is 0 Å². The standard InChI is InChI=1S/C15H23NO3/c1-18-13-7-5-6-12(10-16)14(13)19-11-15(17)8-3-2-4-9-15/h5-7,17H,2-4,8-11,16H2,1H3. The van der Waals surface area contributed by atoms with Gasteiger partial charge in [0.1, 0.15) is 6.61 Å². The monoisotopic (exact) mass is 265 g/mol. The van der Waals surface area contributed by atoms with E-state index in [2.05, 4.69) is 0 Å². The van der Waals surface area contributed by atoms with Crippen LogP contribution in [0.15, 0.2) is 18.2 Å². The van der Waals surface area contributed by atoms with E-state index in [0.29, 0.717) is 24.7 Å². The van der Waals surface area contributed by atoms with E-state index in [9.17, 15) is 5.11 Å². The Kier molecular flexibility index (Phi) is 4.66. The van der Waals surface area contributed by atoms with E-state index < -0.39 is 5.60 Å². The van der Waals surface area contributed by atoms with E-state index in [1.165, 1.54) is 6.42 Å². The molecule has 0 aliphatic heterocycles. The summed E-state index contributed by atoms with van der Waals surface area (Å²) >= 11 is 0. The molecule has 1 aliphatic rings. The van der Waals surface area contributed by atoms with Crippen LogP contribution in [0.3, 0.4) is 0 Å². The molecular weight excluding hydrogens is 242 g/mol. The molecule has 0 radical (unpaired) electrons. The number of hydrogen-bond acceptors (Lipinski definition) is 4. The number of aliphatic hydroxyl groups is 1. The van der Waals surface area contributed by atoms with Crippen molar-refractivity contribution < 1.29 is 14.6 Å². The molecule has 0 aromatic heterocycles. The third kappa shape index (κ3) is 3.39. The lowest BCUT2D eigenvalue weighted by Crippen LogP contribution is -2.38. The number of para-hydroxylation sites is 1. The van der Waals surface area contributed by atoms with Crippen LogP contribution in [0.25, 0.3) is 0 Å². The predicted molar refractivity (Wildman–Crippen MR) is 74.4 cm³/mol. The summed E-state index contributed by atoms with van der Waals surface area (Å²) in [7, 11) is 1.61. The first-order valence-corrected chi connectivity index (χ1v) is 6.90. The summed E-state index contributed by atoms with van der Waals surface area (Å²) in [5.74, 6) is 1.33. The molecule has 0 spiro atoms. The van der Waals surface area contributed by atoms with Gasteiger partial charge in [-0.1, -0.05) is 31.4 Å². The minimum Gasteiger partial charge on any atom is -0.493 e. The fraction of sp³-hybridized carbons (Fsp3) is 0.600. The summed E-state index contributed by atoms with van der Waals surface area (Å²) < 4.78 is 11.1. The van der Waals surface area contributed by atoms with Crippen molar-refractivity contribution in [3.05, 3.63) is 23.8 Å². The van der Waals surface area contributed by atoms with Crippen LogP contribution < -0.4 is 15.2 Å². The van der Waals surface area contributed by atoms with Gasteiger partial charge in [-0.25, -0.2) is 0 Å². The van der Waals surface area contributed by atoms with Crippen molar-refractivity contribution >= 4 is 0 Å². The Labute approximate surface area is 114 Å². The second kappa shape index (κ2) is 6.26. The highest BCUT2D eigenvalue weighted by Crippen LogP contribution is 2.34. The first-order chi connectivity index (χ1) is 9.18. The van der Waals surface area contributed by atoms with Crippen LogP contribution in [0.1, 0.15) is 37.7 Å². The number of benzene rings is 1. The van der Waals surface area contributed by atoms with E-state index in [1.807, 2.05) is 18.2 Å². The zero-order chi connectivity index (χ0) is 13.7. The molecule has 106 valence electrons. The number of hydrogen-bond donors (Lipinski definition) is 2. The highest BCUT2D eigenvalue weighted by Gasteiger charge is 2.30. The zero-order valence-corrected chi connectivity index (χ0v) is 11.5. The van der Waals surface area contributed by atoms with E-state index >= 15 is 0 Å². The van der Waals surface area contributed by atoms with Crippen LogP contribution in [0, 0.1) is 0 Å². The Balaban J connectivity index is 2.09. The lowest BCUT2D eigenvalue weighted by Gasteiger charge is -2.32. The molecule has 0 bridgehead atoms. The van der Waals surface area contributed by atoms with Crippen molar-refractivity contribution in [1.29, 1.82) is 0 Å². The highest BCUT2D eigenvalue weighted by molar-refractivity contribution is 5.46. The van der Waals surface area contributed by atoms with Gasteiger partial charge in [0.15, 0.2) is 11.5 Å². The topological polar surface area (TPSA) is 64.7 Å². The number of ether oxygens (including phenoxy) is 2. The van der Waals surface area contributed by atoms with Crippen molar-refractivity contribution in [3.63, 3.8) is 0 Å². The van der Waals surface area contributed by atoms with Crippen LogP contribution in [0.4, 0.5) is 0 Å². The maximum Gasteiger partial charge on any atom is 0.165 e. The van der Waals surface area contributed by atoms with Gasteiger partial charge < -0.3 is 20.3 Å². The molecule has 1 aliphatic carbocycles. The third-order valence-electron chi connectivity index (χ3n) is 3.77. The maximum absolute atomic E-state index is 10.5. The third-order valence-corrected chi connectivity index (χ3v) is 3.77. The van der Waals surface area contributed by atoms with E-state index in [1.54, 1.807) is 7.11 Å². The first-order valence-electron chi connectivity index (χ1n) is 6.90. The summed E-state index contributed by atoms with van der Waals surface area (Å²) in [5.41, 5.74) is 5.92. The Bertz CT molecular complexity index is 392. The van der Waals surface area contributed by atoms with Gasteiger partial charge in [0, 0.05) is 12.1 Å². The molecule has 0 amide bonds. The second-order valence-electron chi connectivity index (χ2n) is 5.23. The van der Waals surface area contributed by atoms with E-state index in [-0.39, 0.29) is 0 Å². The number of methoxy groups -OCH3 is 1. The van der Waals surface area contributed by atoms with E-state index in [0.717, 1.165) is 31.2 Å². The SMILES string of the molecule is COc1cccc(CN)c1OCC1(O)CCCCC1. The summed E-state index contributed by atoms with van der Waals surface area (Å²) in [5, 5.41) is 10.5. The minimum atomic E-state index is -0.703. The van der Waals surface area contributed by atoms with Gasteiger partial charge in [0.25, 0.3) is 0 Å². The molecular formula is C15H23NO3. The Hall–Kier alpha value is -1.26. The van der Waals surface area contributed by atoms with Crippen molar-refractivity contribution in [2.75, 3.05) is 13.7 Å². The molecule has 4 heteroatoms. The van der Waals surface area contributed by atoms with Gasteiger partial charge in [0.05, 0.1) is 12.7 Å². The first kappa shape index (κ1) is 14.2. The summed E-state index contributed by atoms with van der Waals surface area (Å²) in [6.07, 6.45) is 4.94. The van der Waals surface area contributed by atoms with Gasteiger partial charge in [0.2, 0.25) is 0 Å². The minimum absolute atomic E-state index is 0.306. The average Bonchev–Trinajstić information content (AvgIpc) is 2.45. The highest BCUT2D eigenvalue weighted by atomic mass is 16.5. The zero-order valence-electron chi connectivity index (χ0n) is 11.5. The smallest absolute Gasteiger partial charge is 0.165 e. The predicted octanol–water partition coefficient (Wildman–Crippen LogP) is 2.23. The molecule has 0 atom stereocenters. The van der Waals surface area contributed by atoms with Crippen molar-refractivity contribution in [2.24, 2.45) is 5.73 Å². The second-order valence-corrected chi connectivity index (χ2v) is 5.23. The molecule has 3 N–H and O–H groups in total. The van der Waals surface area contributed by atoms with Gasteiger partial charge in [-0.2, -0.15) is 0 Å². The summed E-state index contributed by atoms with van der Waals surface area (Å²) in [4.78, 5) is 0. The average molecular weight is 265 g/mol. The summed E-state index contributed by atoms with van der Waals surface area (Å²) in [6.45, 7) is 0.700. The summed E-state index contributed by atoms with van der Waals surface area (Å²) in [6, 6.07) is 5.66. The quantitative estimate of drug-likeness (QED) is 0.857. The molecule has 0 unspecified atom stereocenters. The normalized spacial score (nSPS) is 18.1.